The Morgan fingerprint density at radius 3 is 2.54 bits per heavy atom. The van der Waals surface area contributed by atoms with E-state index in [0.29, 0.717) is 26.1 Å². The molecule has 4 nitrogen and oxygen atoms in total. The van der Waals surface area contributed by atoms with Crippen LogP contribution in [0.2, 0.25) is 0 Å². The zero-order valence-corrected chi connectivity index (χ0v) is 14.6. The number of rotatable bonds is 4. The molecule has 0 radical (unpaired) electrons. The van der Waals surface area contributed by atoms with Crippen LogP contribution in [0.1, 0.15) is 49.3 Å². The smallest absolute Gasteiger partial charge is 0.309 e. The Hall–Kier alpha value is -1.84. The van der Waals surface area contributed by atoms with Gasteiger partial charge in [-0.05, 0) is 62.1 Å². The fourth-order valence-electron chi connectivity index (χ4n) is 3.81. The monoisotopic (exact) mass is 329 g/mol. The fourth-order valence-corrected chi connectivity index (χ4v) is 3.81. The first-order valence-electron chi connectivity index (χ1n) is 9.22. The van der Waals surface area contributed by atoms with E-state index in [1.165, 1.54) is 30.4 Å². The number of ether oxygens (including phenoxy) is 1. The maximum atomic E-state index is 12.5. The van der Waals surface area contributed by atoms with Gasteiger partial charge in [-0.15, -0.1) is 0 Å². The molecule has 0 atom stereocenters. The highest BCUT2D eigenvalue weighted by Gasteiger charge is 2.28. The zero-order chi connectivity index (χ0) is 16.9. The molecule has 24 heavy (non-hydrogen) atoms. The van der Waals surface area contributed by atoms with Gasteiger partial charge in [0.2, 0.25) is 5.91 Å². The molecule has 0 spiro atoms. The quantitative estimate of drug-likeness (QED) is 0.798. The van der Waals surface area contributed by atoms with Gasteiger partial charge in [-0.1, -0.05) is 18.2 Å². The molecular weight excluding hydrogens is 302 g/mol. The predicted octanol–water partition coefficient (Wildman–Crippen LogP) is 2.91. The fraction of sp³-hybridized carbons (Fsp3) is 0.600. The van der Waals surface area contributed by atoms with Crippen molar-refractivity contribution in [2.24, 2.45) is 5.92 Å². The Bertz CT molecular complexity index is 603. The van der Waals surface area contributed by atoms with E-state index in [1.54, 1.807) is 0 Å². The maximum absolute atomic E-state index is 12.5. The number of piperidine rings is 1. The molecule has 2 aliphatic rings. The van der Waals surface area contributed by atoms with Crippen LogP contribution < -0.4 is 0 Å². The lowest BCUT2D eigenvalue weighted by molar-refractivity contribution is -0.151. The minimum Gasteiger partial charge on any atom is -0.466 e. The van der Waals surface area contributed by atoms with Crippen LogP contribution in [0.5, 0.6) is 0 Å². The summed E-state index contributed by atoms with van der Waals surface area (Å²) in [6.07, 6.45) is 6.75. The molecule has 130 valence electrons. The molecule has 1 aliphatic heterocycles. The molecule has 1 aliphatic carbocycles. The van der Waals surface area contributed by atoms with E-state index in [0.717, 1.165) is 24.8 Å². The van der Waals surface area contributed by atoms with E-state index in [2.05, 4.69) is 18.2 Å². The first-order chi connectivity index (χ1) is 11.7. The number of aryl methyl sites for hydroxylation is 2. The average molecular weight is 329 g/mol. The molecule has 1 fully saturated rings. The lowest BCUT2D eigenvalue weighted by Gasteiger charge is -2.31. The highest BCUT2D eigenvalue weighted by atomic mass is 16.5. The van der Waals surface area contributed by atoms with Gasteiger partial charge in [-0.3, -0.25) is 9.59 Å². The molecule has 1 saturated heterocycles. The summed E-state index contributed by atoms with van der Waals surface area (Å²) in [4.78, 5) is 26.2. The third-order valence-corrected chi connectivity index (χ3v) is 5.24. The Labute approximate surface area is 144 Å². The van der Waals surface area contributed by atoms with Crippen LogP contribution >= 0.6 is 0 Å². The van der Waals surface area contributed by atoms with Gasteiger partial charge in [0.15, 0.2) is 0 Å². The lowest BCUT2D eigenvalue weighted by atomic mass is 9.90. The maximum Gasteiger partial charge on any atom is 0.309 e. The second-order valence-corrected chi connectivity index (χ2v) is 6.89. The Morgan fingerprint density at radius 2 is 1.83 bits per heavy atom. The largest absolute Gasteiger partial charge is 0.466 e. The molecule has 0 saturated carbocycles. The standard InChI is InChI=1S/C20H27NO3/c1-2-24-20(23)17-9-11-21(12-10-17)19(22)14-15-7-8-16-5-3-4-6-18(16)13-15/h7-8,13,17H,2-6,9-12,14H2,1H3. The second kappa shape index (κ2) is 7.82. The number of likely N-dealkylation sites (tertiary alicyclic amines) is 1. The van der Waals surface area contributed by atoms with Crippen LogP contribution in [0.4, 0.5) is 0 Å². The number of carbonyl (C=O) groups is 2. The number of fused-ring (bicyclic) bond motifs is 1. The summed E-state index contributed by atoms with van der Waals surface area (Å²) >= 11 is 0. The van der Waals surface area contributed by atoms with Crippen molar-refractivity contribution in [2.45, 2.75) is 51.9 Å². The number of esters is 1. The molecule has 0 aromatic heterocycles. The van der Waals surface area contributed by atoms with E-state index in [-0.39, 0.29) is 17.8 Å². The van der Waals surface area contributed by atoms with E-state index in [9.17, 15) is 9.59 Å². The lowest BCUT2D eigenvalue weighted by Crippen LogP contribution is -2.41. The molecule has 1 heterocycles. The predicted molar refractivity (Wildman–Crippen MR) is 92.7 cm³/mol. The van der Waals surface area contributed by atoms with Crippen LogP contribution in [-0.2, 0) is 33.6 Å². The van der Waals surface area contributed by atoms with Gasteiger partial charge in [0, 0.05) is 13.1 Å². The van der Waals surface area contributed by atoms with Crippen LogP contribution in [0.25, 0.3) is 0 Å². The van der Waals surface area contributed by atoms with Gasteiger partial charge >= 0.3 is 5.97 Å². The minimum absolute atomic E-state index is 0.0438. The SMILES string of the molecule is CCOC(=O)C1CCN(C(=O)Cc2ccc3c(c2)CCCC3)CC1. The molecule has 1 amide bonds. The molecule has 1 aromatic carbocycles. The van der Waals surface area contributed by atoms with Gasteiger partial charge in [0.05, 0.1) is 18.9 Å². The molecule has 0 bridgehead atoms. The van der Waals surface area contributed by atoms with Gasteiger partial charge in [-0.25, -0.2) is 0 Å². The summed E-state index contributed by atoms with van der Waals surface area (Å²) < 4.78 is 5.08. The summed E-state index contributed by atoms with van der Waals surface area (Å²) in [7, 11) is 0. The summed E-state index contributed by atoms with van der Waals surface area (Å²) in [6, 6.07) is 6.52. The number of nitrogens with zero attached hydrogens (tertiary/aromatic N) is 1. The number of amides is 1. The first kappa shape index (κ1) is 17.0. The summed E-state index contributed by atoms with van der Waals surface area (Å²) in [5.41, 5.74) is 3.99. The van der Waals surface area contributed by atoms with E-state index < -0.39 is 0 Å². The van der Waals surface area contributed by atoms with Gasteiger partial charge < -0.3 is 9.64 Å². The summed E-state index contributed by atoms with van der Waals surface area (Å²) in [6.45, 7) is 3.58. The molecule has 0 N–H and O–H groups in total. The van der Waals surface area contributed by atoms with Crippen molar-refractivity contribution >= 4 is 11.9 Å². The number of hydrogen-bond donors (Lipinski definition) is 0. The molecule has 0 unspecified atom stereocenters. The van der Waals surface area contributed by atoms with Gasteiger partial charge in [0.25, 0.3) is 0 Å². The van der Waals surface area contributed by atoms with Gasteiger partial charge in [0.1, 0.15) is 0 Å². The molecule has 3 rings (SSSR count). The zero-order valence-electron chi connectivity index (χ0n) is 14.6. The molecular formula is C20H27NO3. The van der Waals surface area contributed by atoms with Crippen LogP contribution in [0.15, 0.2) is 18.2 Å². The van der Waals surface area contributed by atoms with Crippen LogP contribution in [0, 0.1) is 5.92 Å². The topological polar surface area (TPSA) is 46.6 Å². The Balaban J connectivity index is 1.53. The average Bonchev–Trinajstić information content (AvgIpc) is 2.62. The van der Waals surface area contributed by atoms with Crippen molar-refractivity contribution in [3.8, 4) is 0 Å². The van der Waals surface area contributed by atoms with Crippen LogP contribution in [0.3, 0.4) is 0 Å². The number of benzene rings is 1. The third-order valence-electron chi connectivity index (χ3n) is 5.24. The van der Waals surface area contributed by atoms with Crippen molar-refractivity contribution in [1.29, 1.82) is 0 Å². The molecule has 4 heteroatoms. The third kappa shape index (κ3) is 3.97. The van der Waals surface area contributed by atoms with Gasteiger partial charge in [-0.2, -0.15) is 0 Å². The van der Waals surface area contributed by atoms with Crippen molar-refractivity contribution in [3.05, 3.63) is 34.9 Å². The van der Waals surface area contributed by atoms with E-state index >= 15 is 0 Å². The highest BCUT2D eigenvalue weighted by Crippen LogP contribution is 2.23. The Morgan fingerprint density at radius 1 is 1.12 bits per heavy atom. The van der Waals surface area contributed by atoms with Crippen molar-refractivity contribution in [2.75, 3.05) is 19.7 Å². The minimum atomic E-state index is -0.112. The van der Waals surface area contributed by atoms with Crippen molar-refractivity contribution < 1.29 is 14.3 Å². The van der Waals surface area contributed by atoms with E-state index in [1.807, 2.05) is 11.8 Å². The number of carbonyl (C=O) groups excluding carboxylic acids is 2. The molecule has 1 aromatic rings. The Kier molecular flexibility index (Phi) is 5.54. The number of hydrogen-bond acceptors (Lipinski definition) is 3. The van der Waals surface area contributed by atoms with Crippen molar-refractivity contribution in [1.82, 2.24) is 4.90 Å². The summed E-state index contributed by atoms with van der Waals surface area (Å²) in [5.74, 6) is 0.0186. The van der Waals surface area contributed by atoms with Crippen LogP contribution in [-0.4, -0.2) is 36.5 Å². The normalized spacial score (nSPS) is 18.1. The highest BCUT2D eigenvalue weighted by molar-refractivity contribution is 5.79. The second-order valence-electron chi connectivity index (χ2n) is 6.89. The van der Waals surface area contributed by atoms with E-state index in [4.69, 9.17) is 4.74 Å². The van der Waals surface area contributed by atoms with Crippen molar-refractivity contribution in [3.63, 3.8) is 0 Å². The summed E-state index contributed by atoms with van der Waals surface area (Å²) in [5, 5.41) is 0. The first-order valence-corrected chi connectivity index (χ1v) is 9.22.